The summed E-state index contributed by atoms with van der Waals surface area (Å²) in [7, 11) is -3.87. The highest BCUT2D eigenvalue weighted by molar-refractivity contribution is 7.89. The summed E-state index contributed by atoms with van der Waals surface area (Å²) in [5.41, 5.74) is 0. The number of benzene rings is 1. The zero-order chi connectivity index (χ0) is 20.3. The highest BCUT2D eigenvalue weighted by atomic mass is 32.2. The number of esters is 2. The van der Waals surface area contributed by atoms with Crippen molar-refractivity contribution in [3.8, 4) is 0 Å². The topological polar surface area (TPSA) is 128 Å². The molecule has 1 atom stereocenters. The van der Waals surface area contributed by atoms with Gasteiger partial charge in [0, 0.05) is 13.0 Å². The van der Waals surface area contributed by atoms with Crippen molar-refractivity contribution >= 4 is 27.9 Å². The Labute approximate surface area is 158 Å². The Kier molecular flexibility index (Phi) is 9.45. The van der Waals surface area contributed by atoms with E-state index >= 15 is 0 Å². The summed E-state index contributed by atoms with van der Waals surface area (Å²) >= 11 is 0. The van der Waals surface area contributed by atoms with Crippen LogP contribution in [0.4, 0.5) is 0 Å². The van der Waals surface area contributed by atoms with Crippen LogP contribution in [0.15, 0.2) is 35.2 Å². The summed E-state index contributed by atoms with van der Waals surface area (Å²) in [4.78, 5) is 34.6. The summed E-state index contributed by atoms with van der Waals surface area (Å²) in [5.74, 6) is -1.78. The average Bonchev–Trinajstić information content (AvgIpc) is 2.64. The molecule has 1 amide bonds. The molecule has 10 heteroatoms. The third-order valence-corrected chi connectivity index (χ3v) is 4.83. The molecule has 2 N–H and O–H groups in total. The van der Waals surface area contributed by atoms with Gasteiger partial charge in [0.05, 0.1) is 11.5 Å². The SMILES string of the molecule is CCOC(=O)CCCNC(=O)COC(=O)[C@H](C)NS(=O)(=O)c1ccccc1. The molecule has 0 spiro atoms. The molecule has 1 rings (SSSR count). The maximum Gasteiger partial charge on any atom is 0.324 e. The molecule has 0 fully saturated rings. The van der Waals surface area contributed by atoms with Crippen LogP contribution < -0.4 is 10.0 Å². The van der Waals surface area contributed by atoms with Crippen molar-refractivity contribution in [2.45, 2.75) is 37.6 Å². The second-order valence-electron chi connectivity index (χ2n) is 5.52. The minimum absolute atomic E-state index is 0.0176. The van der Waals surface area contributed by atoms with Crippen LogP contribution in [0.1, 0.15) is 26.7 Å². The van der Waals surface area contributed by atoms with Crippen LogP contribution in [0.2, 0.25) is 0 Å². The number of hydrogen-bond acceptors (Lipinski definition) is 7. The van der Waals surface area contributed by atoms with Crippen molar-refractivity contribution in [2.24, 2.45) is 0 Å². The molecule has 0 aromatic heterocycles. The Hall–Kier alpha value is -2.46. The van der Waals surface area contributed by atoms with Gasteiger partial charge in [-0.2, -0.15) is 4.72 Å². The van der Waals surface area contributed by atoms with E-state index < -0.39 is 34.5 Å². The third kappa shape index (κ3) is 8.65. The number of sulfonamides is 1. The molecule has 9 nitrogen and oxygen atoms in total. The van der Waals surface area contributed by atoms with E-state index in [2.05, 4.69) is 10.0 Å². The molecule has 1 aromatic carbocycles. The lowest BCUT2D eigenvalue weighted by atomic mass is 10.3. The standard InChI is InChI=1S/C17H24N2O7S/c1-3-25-16(21)10-7-11-18-15(20)12-26-17(22)13(2)19-27(23,24)14-8-5-4-6-9-14/h4-6,8-9,13,19H,3,7,10-12H2,1-2H3,(H,18,20)/t13-/m0/s1. The van der Waals surface area contributed by atoms with Gasteiger partial charge in [0.1, 0.15) is 6.04 Å². The molecule has 0 radical (unpaired) electrons. The lowest BCUT2D eigenvalue weighted by Crippen LogP contribution is -2.41. The van der Waals surface area contributed by atoms with Gasteiger partial charge < -0.3 is 14.8 Å². The quantitative estimate of drug-likeness (QED) is 0.405. The van der Waals surface area contributed by atoms with Crippen molar-refractivity contribution < 1.29 is 32.3 Å². The lowest BCUT2D eigenvalue weighted by Gasteiger charge is -2.13. The van der Waals surface area contributed by atoms with Gasteiger partial charge in [0.2, 0.25) is 10.0 Å². The summed E-state index contributed by atoms with van der Waals surface area (Å²) in [5, 5.41) is 2.49. The first-order chi connectivity index (χ1) is 12.8. The van der Waals surface area contributed by atoms with E-state index in [1.165, 1.54) is 19.1 Å². The van der Waals surface area contributed by atoms with Crippen molar-refractivity contribution in [3.05, 3.63) is 30.3 Å². The molecule has 0 aliphatic carbocycles. The van der Waals surface area contributed by atoms with Crippen LogP contribution >= 0.6 is 0 Å². The number of ether oxygens (including phenoxy) is 2. The molecular weight excluding hydrogens is 376 g/mol. The van der Waals surface area contributed by atoms with Crippen LogP contribution in [0.25, 0.3) is 0 Å². The molecule has 1 aromatic rings. The Morgan fingerprint density at radius 1 is 1.11 bits per heavy atom. The Bertz CT molecular complexity index is 735. The van der Waals surface area contributed by atoms with Crippen molar-refractivity contribution in [3.63, 3.8) is 0 Å². The lowest BCUT2D eigenvalue weighted by molar-refractivity contribution is -0.149. The number of nitrogens with one attached hydrogen (secondary N) is 2. The number of rotatable bonds is 11. The van der Waals surface area contributed by atoms with Crippen molar-refractivity contribution in [1.82, 2.24) is 10.0 Å². The molecule has 27 heavy (non-hydrogen) atoms. The molecule has 0 unspecified atom stereocenters. The van der Waals surface area contributed by atoms with Crippen LogP contribution in [-0.2, 0) is 33.9 Å². The summed E-state index contributed by atoms with van der Waals surface area (Å²) in [6.45, 7) is 3.00. The molecule has 0 bridgehead atoms. The second-order valence-corrected chi connectivity index (χ2v) is 7.24. The molecule has 0 aliphatic rings. The summed E-state index contributed by atoms with van der Waals surface area (Å²) < 4.78 is 36.0. The maximum atomic E-state index is 12.1. The van der Waals surface area contributed by atoms with Gasteiger partial charge in [0.25, 0.3) is 5.91 Å². The van der Waals surface area contributed by atoms with E-state index in [0.717, 1.165) is 0 Å². The number of amides is 1. The Balaban J connectivity index is 2.32. The van der Waals surface area contributed by atoms with E-state index in [9.17, 15) is 22.8 Å². The van der Waals surface area contributed by atoms with Gasteiger partial charge in [0.15, 0.2) is 6.61 Å². The van der Waals surface area contributed by atoms with Crippen LogP contribution in [0, 0.1) is 0 Å². The van der Waals surface area contributed by atoms with E-state index in [4.69, 9.17) is 9.47 Å². The first-order valence-corrected chi connectivity index (χ1v) is 9.91. The van der Waals surface area contributed by atoms with Crippen LogP contribution in [0.3, 0.4) is 0 Å². The summed E-state index contributed by atoms with van der Waals surface area (Å²) in [6.07, 6.45) is 0.567. The van der Waals surface area contributed by atoms with Gasteiger partial charge in [-0.25, -0.2) is 8.42 Å². The number of hydrogen-bond donors (Lipinski definition) is 2. The van der Waals surface area contributed by atoms with Gasteiger partial charge in [-0.15, -0.1) is 0 Å². The van der Waals surface area contributed by atoms with E-state index in [1.807, 2.05) is 0 Å². The smallest absolute Gasteiger partial charge is 0.324 e. The highest BCUT2D eigenvalue weighted by Gasteiger charge is 2.23. The monoisotopic (exact) mass is 400 g/mol. The van der Waals surface area contributed by atoms with Crippen molar-refractivity contribution in [1.29, 1.82) is 0 Å². The molecule has 150 valence electrons. The molecule has 0 aliphatic heterocycles. The zero-order valence-electron chi connectivity index (χ0n) is 15.3. The second kappa shape index (κ2) is 11.3. The van der Waals surface area contributed by atoms with Crippen LogP contribution in [0.5, 0.6) is 0 Å². The van der Waals surface area contributed by atoms with E-state index in [0.29, 0.717) is 13.0 Å². The number of carbonyl (C=O) groups is 3. The Morgan fingerprint density at radius 2 is 1.78 bits per heavy atom. The fraction of sp³-hybridized carbons (Fsp3) is 0.471. The molecule has 0 heterocycles. The van der Waals surface area contributed by atoms with E-state index in [-0.39, 0.29) is 23.8 Å². The fourth-order valence-electron chi connectivity index (χ4n) is 1.95. The maximum absolute atomic E-state index is 12.1. The Morgan fingerprint density at radius 3 is 2.41 bits per heavy atom. The number of carbonyl (C=O) groups excluding carboxylic acids is 3. The average molecular weight is 400 g/mol. The largest absolute Gasteiger partial charge is 0.466 e. The normalized spacial score (nSPS) is 12.1. The highest BCUT2D eigenvalue weighted by Crippen LogP contribution is 2.08. The molecular formula is C17H24N2O7S. The minimum Gasteiger partial charge on any atom is -0.466 e. The van der Waals surface area contributed by atoms with Gasteiger partial charge in [-0.1, -0.05) is 18.2 Å². The van der Waals surface area contributed by atoms with Crippen LogP contribution in [-0.4, -0.2) is 52.1 Å². The van der Waals surface area contributed by atoms with Crippen molar-refractivity contribution in [2.75, 3.05) is 19.8 Å². The van der Waals surface area contributed by atoms with Gasteiger partial charge in [-0.3, -0.25) is 14.4 Å². The zero-order valence-corrected chi connectivity index (χ0v) is 16.1. The fourth-order valence-corrected chi connectivity index (χ4v) is 3.17. The van der Waals surface area contributed by atoms with Gasteiger partial charge in [-0.05, 0) is 32.4 Å². The first kappa shape index (κ1) is 22.6. The molecule has 0 saturated carbocycles. The molecule has 0 saturated heterocycles. The predicted octanol–water partition coefficient (Wildman–Crippen LogP) is 0.356. The first-order valence-electron chi connectivity index (χ1n) is 8.42. The summed E-state index contributed by atoms with van der Waals surface area (Å²) in [6, 6.07) is 6.41. The van der Waals surface area contributed by atoms with E-state index in [1.54, 1.807) is 25.1 Å². The minimum atomic E-state index is -3.87. The third-order valence-electron chi connectivity index (χ3n) is 3.27. The predicted molar refractivity (Wildman–Crippen MR) is 96.1 cm³/mol. The van der Waals surface area contributed by atoms with Gasteiger partial charge >= 0.3 is 11.9 Å².